The molecule has 0 spiro atoms. The highest BCUT2D eigenvalue weighted by molar-refractivity contribution is 6.30. The van der Waals surface area contributed by atoms with Crippen molar-refractivity contribution in [2.45, 2.75) is 26.3 Å². The number of aliphatic imine (C=N–C) groups is 1. The SMILES string of the molecule is CCN(C(=O)CN)C(C)(C)C=NC(=CC(=O)Nc1ccc(Cl)cc1)c1ccc(F)cc1. The predicted octanol–water partition coefficient (Wildman–Crippen LogP) is 4.12. The predicted molar refractivity (Wildman–Crippen MR) is 123 cm³/mol. The quantitative estimate of drug-likeness (QED) is 0.474. The topological polar surface area (TPSA) is 87.8 Å². The molecule has 0 saturated carbocycles. The Balaban J connectivity index is 2.36. The summed E-state index contributed by atoms with van der Waals surface area (Å²) >= 11 is 5.87. The largest absolute Gasteiger partial charge is 0.332 e. The minimum absolute atomic E-state index is 0.116. The summed E-state index contributed by atoms with van der Waals surface area (Å²) in [6.07, 6.45) is 2.89. The second-order valence-electron chi connectivity index (χ2n) is 7.29. The second-order valence-corrected chi connectivity index (χ2v) is 7.72. The van der Waals surface area contributed by atoms with Gasteiger partial charge in [0.1, 0.15) is 5.82 Å². The van der Waals surface area contributed by atoms with Crippen LogP contribution >= 0.6 is 11.6 Å². The van der Waals surface area contributed by atoms with E-state index in [-0.39, 0.29) is 12.5 Å². The van der Waals surface area contributed by atoms with E-state index in [1.165, 1.54) is 30.3 Å². The molecule has 0 heterocycles. The molecule has 2 amide bonds. The smallest absolute Gasteiger partial charge is 0.250 e. The van der Waals surface area contributed by atoms with Gasteiger partial charge in [0, 0.05) is 35.1 Å². The Kier molecular flexibility index (Phi) is 8.47. The first-order valence-electron chi connectivity index (χ1n) is 9.76. The Hall–Kier alpha value is -3.03. The number of anilines is 1. The van der Waals surface area contributed by atoms with Crippen molar-refractivity contribution in [2.24, 2.45) is 10.7 Å². The third-order valence-electron chi connectivity index (χ3n) is 4.53. The van der Waals surface area contributed by atoms with Gasteiger partial charge in [0.2, 0.25) is 5.91 Å². The fraction of sp³-hybridized carbons (Fsp3) is 0.261. The summed E-state index contributed by atoms with van der Waals surface area (Å²) in [7, 11) is 0. The molecule has 0 unspecified atom stereocenters. The fourth-order valence-corrected chi connectivity index (χ4v) is 3.09. The second kappa shape index (κ2) is 10.8. The number of hydrogen-bond acceptors (Lipinski definition) is 4. The number of nitrogens with two attached hydrogens (primary N) is 1. The Bertz CT molecular complexity index is 970. The zero-order chi connectivity index (χ0) is 23.0. The molecule has 0 radical (unpaired) electrons. The van der Waals surface area contributed by atoms with Gasteiger partial charge in [-0.1, -0.05) is 11.6 Å². The highest BCUT2D eigenvalue weighted by Gasteiger charge is 2.27. The summed E-state index contributed by atoms with van der Waals surface area (Å²) in [5.74, 6) is -1.03. The molecule has 0 aromatic heterocycles. The molecule has 0 atom stereocenters. The van der Waals surface area contributed by atoms with Gasteiger partial charge >= 0.3 is 0 Å². The summed E-state index contributed by atoms with van der Waals surface area (Å²) in [5.41, 5.74) is 6.19. The Morgan fingerprint density at radius 2 is 1.77 bits per heavy atom. The Morgan fingerprint density at radius 3 is 2.32 bits per heavy atom. The Labute approximate surface area is 186 Å². The zero-order valence-electron chi connectivity index (χ0n) is 17.7. The summed E-state index contributed by atoms with van der Waals surface area (Å²) in [5, 5.41) is 3.29. The molecule has 0 aliphatic rings. The van der Waals surface area contributed by atoms with Crippen LogP contribution in [0.15, 0.2) is 59.6 Å². The maximum absolute atomic E-state index is 13.4. The normalized spacial score (nSPS) is 12.1. The molecule has 8 heteroatoms. The number of carbonyl (C=O) groups excluding carboxylic acids is 2. The summed E-state index contributed by atoms with van der Waals surface area (Å²) < 4.78 is 13.4. The van der Waals surface area contributed by atoms with Crippen LogP contribution in [0.1, 0.15) is 26.3 Å². The van der Waals surface area contributed by atoms with E-state index in [0.717, 1.165) is 0 Å². The van der Waals surface area contributed by atoms with Crippen LogP contribution in [0, 0.1) is 5.82 Å². The third kappa shape index (κ3) is 7.01. The van der Waals surface area contributed by atoms with Crippen molar-refractivity contribution in [3.05, 3.63) is 71.0 Å². The van der Waals surface area contributed by atoms with Crippen molar-refractivity contribution >= 4 is 41.0 Å². The van der Waals surface area contributed by atoms with Crippen molar-refractivity contribution in [3.8, 4) is 0 Å². The minimum Gasteiger partial charge on any atom is -0.332 e. The third-order valence-corrected chi connectivity index (χ3v) is 4.78. The molecular weight excluding hydrogens is 419 g/mol. The standard InChI is InChI=1S/C23H26ClFN4O2/c1-4-29(22(31)14-26)23(2,3)15-27-20(16-5-9-18(25)10-6-16)13-21(30)28-19-11-7-17(24)8-12-19/h5-13,15H,4,14,26H2,1-3H3,(H,28,30). The average Bonchev–Trinajstić information content (AvgIpc) is 2.73. The maximum Gasteiger partial charge on any atom is 0.250 e. The highest BCUT2D eigenvalue weighted by atomic mass is 35.5. The van der Waals surface area contributed by atoms with Gasteiger partial charge in [-0.05, 0) is 69.3 Å². The van der Waals surface area contributed by atoms with E-state index >= 15 is 0 Å². The van der Waals surface area contributed by atoms with Crippen LogP contribution in [0.2, 0.25) is 5.02 Å². The van der Waals surface area contributed by atoms with Crippen molar-refractivity contribution in [1.29, 1.82) is 0 Å². The van der Waals surface area contributed by atoms with Crippen LogP contribution in [0.4, 0.5) is 10.1 Å². The van der Waals surface area contributed by atoms with E-state index in [1.807, 2.05) is 20.8 Å². The summed E-state index contributed by atoms with van der Waals surface area (Å²) in [6.45, 7) is 5.82. The van der Waals surface area contributed by atoms with Gasteiger partial charge in [-0.3, -0.25) is 14.6 Å². The van der Waals surface area contributed by atoms with E-state index in [9.17, 15) is 14.0 Å². The number of amides is 2. The number of carbonyl (C=O) groups is 2. The van der Waals surface area contributed by atoms with E-state index in [4.69, 9.17) is 17.3 Å². The molecule has 0 bridgehead atoms. The minimum atomic E-state index is -0.753. The van der Waals surface area contributed by atoms with Gasteiger partial charge in [0.15, 0.2) is 0 Å². The first-order valence-corrected chi connectivity index (χ1v) is 10.1. The number of nitrogens with one attached hydrogen (secondary N) is 1. The number of halogens is 2. The van der Waals surface area contributed by atoms with E-state index in [0.29, 0.717) is 28.5 Å². The van der Waals surface area contributed by atoms with Crippen molar-refractivity contribution in [1.82, 2.24) is 4.90 Å². The zero-order valence-corrected chi connectivity index (χ0v) is 18.5. The summed E-state index contributed by atoms with van der Waals surface area (Å²) in [6, 6.07) is 12.3. The molecule has 2 rings (SSSR count). The van der Waals surface area contributed by atoms with Crippen LogP contribution in [0.5, 0.6) is 0 Å². The van der Waals surface area contributed by atoms with E-state index < -0.39 is 17.3 Å². The molecule has 0 saturated heterocycles. The highest BCUT2D eigenvalue weighted by Crippen LogP contribution is 2.20. The molecule has 6 nitrogen and oxygen atoms in total. The van der Waals surface area contributed by atoms with Crippen molar-refractivity contribution in [2.75, 3.05) is 18.4 Å². The fourth-order valence-electron chi connectivity index (χ4n) is 2.96. The first kappa shape index (κ1) is 24.2. The van der Waals surface area contributed by atoms with Crippen LogP contribution in [-0.4, -0.2) is 41.6 Å². The first-order chi connectivity index (χ1) is 14.7. The molecule has 0 fully saturated rings. The average molecular weight is 445 g/mol. The molecule has 164 valence electrons. The van der Waals surface area contributed by atoms with Crippen LogP contribution in [-0.2, 0) is 9.59 Å². The lowest BCUT2D eigenvalue weighted by molar-refractivity contribution is -0.132. The lowest BCUT2D eigenvalue weighted by atomic mass is 10.0. The van der Waals surface area contributed by atoms with E-state index in [1.54, 1.807) is 35.4 Å². The number of hydrogen-bond donors (Lipinski definition) is 2. The van der Waals surface area contributed by atoms with Crippen LogP contribution in [0.25, 0.3) is 5.70 Å². The van der Waals surface area contributed by atoms with Gasteiger partial charge in [-0.2, -0.15) is 0 Å². The van der Waals surface area contributed by atoms with Gasteiger partial charge in [0.25, 0.3) is 5.91 Å². The van der Waals surface area contributed by atoms with Crippen LogP contribution in [0.3, 0.4) is 0 Å². The van der Waals surface area contributed by atoms with Gasteiger partial charge < -0.3 is 16.0 Å². The number of benzene rings is 2. The number of nitrogens with zero attached hydrogens (tertiary/aromatic N) is 2. The monoisotopic (exact) mass is 444 g/mol. The van der Waals surface area contributed by atoms with E-state index in [2.05, 4.69) is 10.3 Å². The lowest BCUT2D eigenvalue weighted by Crippen LogP contribution is -2.51. The van der Waals surface area contributed by atoms with Gasteiger partial charge in [-0.25, -0.2) is 4.39 Å². The molecular formula is C23H26ClFN4O2. The van der Waals surface area contributed by atoms with Gasteiger partial charge in [0.05, 0.1) is 17.8 Å². The summed E-state index contributed by atoms with van der Waals surface area (Å²) in [4.78, 5) is 30.8. The Morgan fingerprint density at radius 1 is 1.16 bits per heavy atom. The molecule has 3 N–H and O–H groups in total. The molecule has 0 aliphatic heterocycles. The van der Waals surface area contributed by atoms with Crippen molar-refractivity contribution in [3.63, 3.8) is 0 Å². The molecule has 2 aromatic carbocycles. The molecule has 31 heavy (non-hydrogen) atoms. The molecule has 2 aromatic rings. The number of rotatable bonds is 8. The maximum atomic E-state index is 13.4. The number of likely N-dealkylation sites (N-methyl/N-ethyl adjacent to an activating group) is 1. The van der Waals surface area contributed by atoms with Crippen molar-refractivity contribution < 1.29 is 14.0 Å². The van der Waals surface area contributed by atoms with Gasteiger partial charge in [-0.15, -0.1) is 0 Å². The molecule has 0 aliphatic carbocycles. The van der Waals surface area contributed by atoms with Crippen LogP contribution < -0.4 is 11.1 Å². The lowest BCUT2D eigenvalue weighted by Gasteiger charge is -2.34.